The quantitative estimate of drug-likeness (QED) is 0.635. The lowest BCUT2D eigenvalue weighted by Crippen LogP contribution is -2.34. The second-order valence-electron chi connectivity index (χ2n) is 4.12. The van der Waals surface area contributed by atoms with Crippen LogP contribution in [0.15, 0.2) is 0 Å². The second-order valence-corrected chi connectivity index (χ2v) is 4.12. The van der Waals surface area contributed by atoms with Gasteiger partial charge in [-0.1, -0.05) is 13.8 Å². The number of ketones is 1. The summed E-state index contributed by atoms with van der Waals surface area (Å²) in [6.45, 7) is 6.01. The highest BCUT2D eigenvalue weighted by molar-refractivity contribution is 5.86. The summed E-state index contributed by atoms with van der Waals surface area (Å²) in [5.74, 6) is 0.0863. The molecule has 0 heterocycles. The maximum atomic E-state index is 11.5. The molecule has 0 aromatic heterocycles. The molecule has 14 heavy (non-hydrogen) atoms. The van der Waals surface area contributed by atoms with Crippen LogP contribution in [0.25, 0.3) is 0 Å². The fraction of sp³-hybridized carbons (Fsp3) is 0.818. The van der Waals surface area contributed by atoms with Crippen LogP contribution in [-0.4, -0.2) is 18.4 Å². The Bertz CT molecular complexity index is 221. The van der Waals surface area contributed by atoms with Crippen molar-refractivity contribution < 1.29 is 14.3 Å². The molecule has 2 atom stereocenters. The van der Waals surface area contributed by atoms with Crippen molar-refractivity contribution in [1.29, 1.82) is 0 Å². The van der Waals surface area contributed by atoms with Gasteiger partial charge in [-0.2, -0.15) is 0 Å². The van der Waals surface area contributed by atoms with Crippen molar-refractivity contribution in [3.63, 3.8) is 0 Å². The summed E-state index contributed by atoms with van der Waals surface area (Å²) in [6, 6.07) is 0. The Kier molecular flexibility index (Phi) is 3.67. The van der Waals surface area contributed by atoms with Gasteiger partial charge in [0.2, 0.25) is 0 Å². The van der Waals surface area contributed by atoms with Crippen LogP contribution in [0, 0.1) is 17.8 Å². The zero-order valence-electron chi connectivity index (χ0n) is 9.08. The van der Waals surface area contributed by atoms with Crippen LogP contribution in [0.5, 0.6) is 0 Å². The molecule has 0 aromatic rings. The lowest BCUT2D eigenvalue weighted by Gasteiger charge is -2.28. The van der Waals surface area contributed by atoms with Gasteiger partial charge in [-0.3, -0.25) is 9.59 Å². The smallest absolute Gasteiger partial charge is 0.308 e. The van der Waals surface area contributed by atoms with E-state index in [-0.39, 0.29) is 29.5 Å². The van der Waals surface area contributed by atoms with E-state index in [1.165, 1.54) is 0 Å². The van der Waals surface area contributed by atoms with Crippen LogP contribution < -0.4 is 0 Å². The molecule has 1 saturated carbocycles. The van der Waals surface area contributed by atoms with Gasteiger partial charge in [0.05, 0.1) is 12.5 Å². The minimum atomic E-state index is -0.140. The fourth-order valence-electron chi connectivity index (χ4n) is 2.12. The predicted octanol–water partition coefficient (Wildman–Crippen LogP) is 1.80. The predicted molar refractivity (Wildman–Crippen MR) is 52.7 cm³/mol. The Morgan fingerprint density at radius 3 is 2.29 bits per heavy atom. The van der Waals surface area contributed by atoms with Gasteiger partial charge in [0.25, 0.3) is 0 Å². The first kappa shape index (κ1) is 11.2. The molecular weight excluding hydrogens is 180 g/mol. The van der Waals surface area contributed by atoms with E-state index in [0.29, 0.717) is 19.4 Å². The minimum absolute atomic E-state index is 0.00755. The van der Waals surface area contributed by atoms with E-state index in [4.69, 9.17) is 4.74 Å². The minimum Gasteiger partial charge on any atom is -0.466 e. The van der Waals surface area contributed by atoms with E-state index in [0.717, 1.165) is 0 Å². The van der Waals surface area contributed by atoms with Gasteiger partial charge in [0.1, 0.15) is 5.78 Å². The van der Waals surface area contributed by atoms with E-state index >= 15 is 0 Å². The monoisotopic (exact) mass is 198 g/mol. The van der Waals surface area contributed by atoms with Gasteiger partial charge >= 0.3 is 5.97 Å². The molecular formula is C11H18O3. The molecule has 3 nitrogen and oxygen atoms in total. The summed E-state index contributed by atoms with van der Waals surface area (Å²) in [4.78, 5) is 23.0. The first-order chi connectivity index (χ1) is 6.56. The third kappa shape index (κ3) is 2.34. The Morgan fingerprint density at radius 2 is 1.86 bits per heavy atom. The van der Waals surface area contributed by atoms with E-state index in [1.807, 2.05) is 13.8 Å². The van der Waals surface area contributed by atoms with E-state index < -0.39 is 0 Å². The van der Waals surface area contributed by atoms with Crippen molar-refractivity contribution in [3.05, 3.63) is 0 Å². The summed E-state index contributed by atoms with van der Waals surface area (Å²) < 4.78 is 4.96. The molecule has 0 aromatic carbocycles. The van der Waals surface area contributed by atoms with Gasteiger partial charge in [-0.15, -0.1) is 0 Å². The van der Waals surface area contributed by atoms with Crippen molar-refractivity contribution in [2.75, 3.05) is 6.61 Å². The number of ether oxygens (including phenoxy) is 1. The molecule has 0 amide bonds. The Labute approximate surface area is 84.8 Å². The maximum Gasteiger partial charge on any atom is 0.308 e. The average Bonchev–Trinajstić information content (AvgIpc) is 2.13. The lowest BCUT2D eigenvalue weighted by molar-refractivity contribution is -0.151. The molecule has 0 unspecified atom stereocenters. The van der Waals surface area contributed by atoms with Crippen LogP contribution in [0.4, 0.5) is 0 Å². The van der Waals surface area contributed by atoms with E-state index in [2.05, 4.69) is 0 Å². The van der Waals surface area contributed by atoms with Crippen molar-refractivity contribution in [1.82, 2.24) is 0 Å². The topological polar surface area (TPSA) is 43.4 Å². The number of carbonyl (C=O) groups is 2. The molecule has 0 spiro atoms. The van der Waals surface area contributed by atoms with Gasteiger partial charge in [0.15, 0.2) is 0 Å². The Morgan fingerprint density at radius 1 is 1.36 bits per heavy atom. The third-order valence-electron chi connectivity index (χ3n) is 2.87. The van der Waals surface area contributed by atoms with Crippen LogP contribution >= 0.6 is 0 Å². The molecule has 1 fully saturated rings. The molecule has 0 saturated heterocycles. The molecule has 1 rings (SSSR count). The molecule has 3 heteroatoms. The molecule has 1 aliphatic carbocycles. The van der Waals surface area contributed by atoms with Crippen molar-refractivity contribution >= 4 is 11.8 Å². The summed E-state index contributed by atoms with van der Waals surface area (Å²) in [5.41, 5.74) is 0. The molecule has 0 aliphatic heterocycles. The number of hydrogen-bond acceptors (Lipinski definition) is 3. The second kappa shape index (κ2) is 4.58. The SMILES string of the molecule is CCOC(=O)C1C[C@@H](C)C(=O)[C@H](C)C1. The van der Waals surface area contributed by atoms with Crippen LogP contribution in [-0.2, 0) is 14.3 Å². The number of hydrogen-bond donors (Lipinski definition) is 0. The first-order valence-corrected chi connectivity index (χ1v) is 5.26. The Hall–Kier alpha value is -0.860. The van der Waals surface area contributed by atoms with Gasteiger partial charge in [-0.05, 0) is 19.8 Å². The molecule has 1 aliphatic rings. The van der Waals surface area contributed by atoms with Gasteiger partial charge < -0.3 is 4.74 Å². The highest BCUT2D eigenvalue weighted by atomic mass is 16.5. The number of esters is 1. The maximum absolute atomic E-state index is 11.5. The zero-order chi connectivity index (χ0) is 10.7. The fourth-order valence-corrected chi connectivity index (χ4v) is 2.12. The summed E-state index contributed by atoms with van der Waals surface area (Å²) in [7, 11) is 0. The third-order valence-corrected chi connectivity index (χ3v) is 2.87. The lowest BCUT2D eigenvalue weighted by atomic mass is 9.76. The molecule has 0 radical (unpaired) electrons. The van der Waals surface area contributed by atoms with Gasteiger partial charge in [-0.25, -0.2) is 0 Å². The van der Waals surface area contributed by atoms with Crippen LogP contribution in [0.1, 0.15) is 33.6 Å². The number of Topliss-reactive ketones (excluding diaryl/α,β-unsaturated/α-hetero) is 1. The van der Waals surface area contributed by atoms with Crippen LogP contribution in [0.3, 0.4) is 0 Å². The van der Waals surface area contributed by atoms with E-state index in [9.17, 15) is 9.59 Å². The zero-order valence-corrected chi connectivity index (χ0v) is 9.08. The van der Waals surface area contributed by atoms with Crippen molar-refractivity contribution in [3.8, 4) is 0 Å². The highest BCUT2D eigenvalue weighted by Crippen LogP contribution is 2.30. The van der Waals surface area contributed by atoms with Crippen molar-refractivity contribution in [2.24, 2.45) is 17.8 Å². The number of rotatable bonds is 2. The first-order valence-electron chi connectivity index (χ1n) is 5.26. The Balaban J connectivity index is 2.57. The van der Waals surface area contributed by atoms with Crippen LogP contribution in [0.2, 0.25) is 0 Å². The standard InChI is InChI=1S/C11H18O3/c1-4-14-11(13)9-5-7(2)10(12)8(3)6-9/h7-9H,4-6H2,1-3H3/t7-,8-/m1/s1. The normalized spacial score (nSPS) is 32.8. The van der Waals surface area contributed by atoms with Crippen molar-refractivity contribution in [2.45, 2.75) is 33.6 Å². The highest BCUT2D eigenvalue weighted by Gasteiger charge is 2.35. The largest absolute Gasteiger partial charge is 0.466 e. The average molecular weight is 198 g/mol. The number of carbonyl (C=O) groups excluding carboxylic acids is 2. The summed E-state index contributed by atoms with van der Waals surface area (Å²) in [5, 5.41) is 0. The molecule has 0 N–H and O–H groups in total. The summed E-state index contributed by atoms with van der Waals surface area (Å²) in [6.07, 6.45) is 1.31. The molecule has 80 valence electrons. The molecule has 0 bridgehead atoms. The van der Waals surface area contributed by atoms with Gasteiger partial charge in [0, 0.05) is 11.8 Å². The summed E-state index contributed by atoms with van der Waals surface area (Å²) >= 11 is 0. The van der Waals surface area contributed by atoms with E-state index in [1.54, 1.807) is 6.92 Å².